The Morgan fingerprint density at radius 3 is 2.53 bits per heavy atom. The van der Waals surface area contributed by atoms with Crippen LogP contribution in [0.25, 0.3) is 6.08 Å². The molecule has 0 spiro atoms. The summed E-state index contributed by atoms with van der Waals surface area (Å²) in [7, 11) is -0.607. The number of rotatable bonds is 4. The maximum atomic E-state index is 11.8. The average molecular weight is 255 g/mol. The summed E-state index contributed by atoms with van der Waals surface area (Å²) in [5.41, 5.74) is 0.523. The van der Waals surface area contributed by atoms with Crippen LogP contribution in [0.5, 0.6) is 0 Å². The van der Waals surface area contributed by atoms with Gasteiger partial charge in [-0.25, -0.2) is 17.5 Å². The normalized spacial score (nSPS) is 12.2. The van der Waals surface area contributed by atoms with Gasteiger partial charge >= 0.3 is 5.97 Å². The lowest BCUT2D eigenvalue weighted by molar-refractivity contribution is -0.131. The van der Waals surface area contributed by atoms with Gasteiger partial charge in [-0.3, -0.25) is 0 Å². The van der Waals surface area contributed by atoms with E-state index in [4.69, 9.17) is 5.11 Å². The molecule has 0 heterocycles. The summed E-state index contributed by atoms with van der Waals surface area (Å²) < 4.78 is 24.7. The minimum absolute atomic E-state index is 0.134. The standard InChI is InChI=1S/C11H13NO4S/c1-12(2)17(15,16)10-5-3-4-9(8-10)6-7-11(13)14/h3-8H,1-2H3,(H,13,14)/b7-6+. The highest BCUT2D eigenvalue weighted by molar-refractivity contribution is 7.89. The number of hydrogen-bond acceptors (Lipinski definition) is 3. The Labute approximate surface area is 100 Å². The van der Waals surface area contributed by atoms with Crippen LogP contribution in [0.15, 0.2) is 35.2 Å². The SMILES string of the molecule is CN(C)S(=O)(=O)c1cccc(/C=C/C(=O)O)c1. The third kappa shape index (κ3) is 3.40. The van der Waals surface area contributed by atoms with Crippen LogP contribution in [0, 0.1) is 0 Å². The first kappa shape index (κ1) is 13.4. The summed E-state index contributed by atoms with van der Waals surface area (Å²) in [5.74, 6) is -1.08. The molecule has 0 aliphatic rings. The van der Waals surface area contributed by atoms with Crippen LogP contribution >= 0.6 is 0 Å². The smallest absolute Gasteiger partial charge is 0.328 e. The molecule has 0 aliphatic heterocycles. The quantitative estimate of drug-likeness (QED) is 0.815. The van der Waals surface area contributed by atoms with E-state index in [1.54, 1.807) is 12.1 Å². The van der Waals surface area contributed by atoms with Crippen LogP contribution in [0.1, 0.15) is 5.56 Å². The molecule has 0 aromatic heterocycles. The fraction of sp³-hybridized carbons (Fsp3) is 0.182. The Hall–Kier alpha value is -1.66. The van der Waals surface area contributed by atoms with Crippen molar-refractivity contribution in [2.24, 2.45) is 0 Å². The zero-order chi connectivity index (χ0) is 13.1. The first-order valence-electron chi connectivity index (χ1n) is 4.77. The van der Waals surface area contributed by atoms with Crippen molar-refractivity contribution in [3.63, 3.8) is 0 Å². The number of hydrogen-bond donors (Lipinski definition) is 1. The molecular weight excluding hydrogens is 242 g/mol. The van der Waals surface area contributed by atoms with Crippen molar-refractivity contribution in [3.8, 4) is 0 Å². The second-order valence-corrected chi connectivity index (χ2v) is 5.68. The monoisotopic (exact) mass is 255 g/mol. The zero-order valence-electron chi connectivity index (χ0n) is 9.49. The molecule has 0 bridgehead atoms. The maximum absolute atomic E-state index is 11.8. The Morgan fingerprint density at radius 1 is 1.35 bits per heavy atom. The van der Waals surface area contributed by atoms with Crippen LogP contribution in [0.3, 0.4) is 0 Å². The molecule has 0 amide bonds. The van der Waals surface area contributed by atoms with Gasteiger partial charge < -0.3 is 5.11 Å². The molecule has 1 rings (SSSR count). The Kier molecular flexibility index (Phi) is 4.03. The highest BCUT2D eigenvalue weighted by Gasteiger charge is 2.16. The second-order valence-electron chi connectivity index (χ2n) is 3.53. The summed E-state index contributed by atoms with van der Waals surface area (Å²) in [5, 5.41) is 8.48. The van der Waals surface area contributed by atoms with E-state index in [0.29, 0.717) is 5.56 Å². The van der Waals surface area contributed by atoms with Gasteiger partial charge in [0.15, 0.2) is 0 Å². The summed E-state index contributed by atoms with van der Waals surface area (Å²) >= 11 is 0. The zero-order valence-corrected chi connectivity index (χ0v) is 10.3. The molecule has 17 heavy (non-hydrogen) atoms. The largest absolute Gasteiger partial charge is 0.478 e. The number of aliphatic carboxylic acids is 1. The van der Waals surface area contributed by atoms with Crippen LogP contribution in [-0.2, 0) is 14.8 Å². The summed E-state index contributed by atoms with van der Waals surface area (Å²) in [4.78, 5) is 10.5. The molecule has 1 N–H and O–H groups in total. The highest BCUT2D eigenvalue weighted by Crippen LogP contribution is 2.15. The summed E-state index contributed by atoms with van der Waals surface area (Å²) in [6, 6.07) is 6.09. The molecule has 0 saturated heterocycles. The highest BCUT2D eigenvalue weighted by atomic mass is 32.2. The molecule has 1 aromatic carbocycles. The number of nitrogens with zero attached hydrogens (tertiary/aromatic N) is 1. The van der Waals surface area contributed by atoms with Crippen molar-refractivity contribution >= 4 is 22.1 Å². The van der Waals surface area contributed by atoms with Crippen LogP contribution < -0.4 is 0 Å². The van der Waals surface area contributed by atoms with Gasteiger partial charge in [0, 0.05) is 20.2 Å². The number of benzene rings is 1. The predicted molar refractivity (Wildman–Crippen MR) is 64.0 cm³/mol. The average Bonchev–Trinajstić information content (AvgIpc) is 2.26. The van der Waals surface area contributed by atoms with E-state index < -0.39 is 16.0 Å². The van der Waals surface area contributed by atoms with E-state index in [0.717, 1.165) is 10.4 Å². The van der Waals surface area contributed by atoms with Gasteiger partial charge in [0.25, 0.3) is 0 Å². The van der Waals surface area contributed by atoms with E-state index in [-0.39, 0.29) is 4.90 Å². The molecular formula is C11H13NO4S. The minimum Gasteiger partial charge on any atom is -0.478 e. The lowest BCUT2D eigenvalue weighted by Gasteiger charge is -2.11. The third-order valence-corrected chi connectivity index (χ3v) is 3.87. The minimum atomic E-state index is -3.49. The third-order valence-electron chi connectivity index (χ3n) is 2.06. The van der Waals surface area contributed by atoms with Gasteiger partial charge in [0.05, 0.1) is 4.90 Å². The second kappa shape index (κ2) is 5.11. The van der Waals surface area contributed by atoms with Crippen LogP contribution in [0.2, 0.25) is 0 Å². The molecule has 6 heteroatoms. The molecule has 0 fully saturated rings. The maximum Gasteiger partial charge on any atom is 0.328 e. The Balaban J connectivity index is 3.15. The van der Waals surface area contributed by atoms with Crippen LogP contribution in [-0.4, -0.2) is 37.9 Å². The van der Waals surface area contributed by atoms with Gasteiger partial charge in [-0.05, 0) is 23.8 Å². The molecule has 0 saturated carbocycles. The van der Waals surface area contributed by atoms with E-state index in [9.17, 15) is 13.2 Å². The molecule has 0 radical (unpaired) electrons. The van der Waals surface area contributed by atoms with Crippen molar-refractivity contribution in [1.82, 2.24) is 4.31 Å². The van der Waals surface area contributed by atoms with Crippen molar-refractivity contribution in [2.75, 3.05) is 14.1 Å². The van der Waals surface area contributed by atoms with E-state index >= 15 is 0 Å². The fourth-order valence-electron chi connectivity index (χ4n) is 1.16. The van der Waals surface area contributed by atoms with Gasteiger partial charge in [-0.2, -0.15) is 0 Å². The van der Waals surface area contributed by atoms with Gasteiger partial charge in [-0.1, -0.05) is 12.1 Å². The predicted octanol–water partition coefficient (Wildman–Crippen LogP) is 1.03. The van der Waals surface area contributed by atoms with Crippen LogP contribution in [0.4, 0.5) is 0 Å². The van der Waals surface area contributed by atoms with Crippen molar-refractivity contribution in [2.45, 2.75) is 4.90 Å². The van der Waals surface area contributed by atoms with E-state index in [2.05, 4.69) is 0 Å². The number of carboxylic acids is 1. The molecule has 92 valence electrons. The number of carboxylic acid groups (broad SMARTS) is 1. The number of sulfonamides is 1. The van der Waals surface area contributed by atoms with Gasteiger partial charge in [-0.15, -0.1) is 0 Å². The molecule has 1 aromatic rings. The first-order chi connectivity index (χ1) is 7.84. The summed E-state index contributed by atoms with van der Waals surface area (Å²) in [6.45, 7) is 0. The van der Waals surface area contributed by atoms with Crippen molar-refractivity contribution in [3.05, 3.63) is 35.9 Å². The molecule has 5 nitrogen and oxygen atoms in total. The van der Waals surface area contributed by atoms with Gasteiger partial charge in [0.2, 0.25) is 10.0 Å². The molecule has 0 aliphatic carbocycles. The Morgan fingerprint density at radius 2 is 2.00 bits per heavy atom. The summed E-state index contributed by atoms with van der Waals surface area (Å²) in [6.07, 6.45) is 2.30. The van der Waals surface area contributed by atoms with Gasteiger partial charge in [0.1, 0.15) is 0 Å². The van der Waals surface area contributed by atoms with Crippen molar-refractivity contribution in [1.29, 1.82) is 0 Å². The van der Waals surface area contributed by atoms with Crippen molar-refractivity contribution < 1.29 is 18.3 Å². The first-order valence-corrected chi connectivity index (χ1v) is 6.21. The molecule has 0 atom stereocenters. The number of carbonyl (C=O) groups is 1. The topological polar surface area (TPSA) is 74.7 Å². The fourth-order valence-corrected chi connectivity index (χ4v) is 2.11. The lowest BCUT2D eigenvalue weighted by atomic mass is 10.2. The van der Waals surface area contributed by atoms with E-state index in [1.165, 1.54) is 32.3 Å². The molecule has 0 unspecified atom stereocenters. The Bertz CT molecular complexity index is 546. The lowest BCUT2D eigenvalue weighted by Crippen LogP contribution is -2.22. The van der Waals surface area contributed by atoms with E-state index in [1.807, 2.05) is 0 Å².